The largest absolute Gasteiger partial charge is 0.352 e. The molecule has 0 atom stereocenters. The van der Waals surface area contributed by atoms with Gasteiger partial charge in [-0.2, -0.15) is 0 Å². The van der Waals surface area contributed by atoms with Crippen LogP contribution in [-0.4, -0.2) is 25.7 Å². The van der Waals surface area contributed by atoms with Crippen molar-refractivity contribution >= 4 is 12.1 Å². The van der Waals surface area contributed by atoms with Crippen molar-refractivity contribution in [2.45, 2.75) is 13.8 Å². The van der Waals surface area contributed by atoms with Crippen molar-refractivity contribution in [1.29, 1.82) is 0 Å². The average Bonchev–Trinajstić information content (AvgIpc) is 1.97. The third-order valence-electron chi connectivity index (χ3n) is 1.21. The molecule has 0 spiro atoms. The second kappa shape index (κ2) is 5.65. The van der Waals surface area contributed by atoms with Crippen LogP contribution in [0.3, 0.4) is 0 Å². The van der Waals surface area contributed by atoms with E-state index in [1.54, 1.807) is 13.3 Å². The minimum Gasteiger partial charge on any atom is -0.352 e. The molecule has 11 heavy (non-hydrogen) atoms. The van der Waals surface area contributed by atoms with Gasteiger partial charge in [-0.15, -0.1) is 0 Å². The summed E-state index contributed by atoms with van der Waals surface area (Å²) in [4.78, 5) is 14.3. The summed E-state index contributed by atoms with van der Waals surface area (Å²) >= 11 is 0. The highest BCUT2D eigenvalue weighted by atomic mass is 16.1. The Morgan fingerprint density at radius 2 is 2.27 bits per heavy atom. The highest BCUT2D eigenvalue weighted by molar-refractivity contribution is 5.81. The van der Waals surface area contributed by atoms with E-state index < -0.39 is 0 Å². The number of rotatable bonds is 3. The van der Waals surface area contributed by atoms with Gasteiger partial charge in [-0.3, -0.25) is 9.79 Å². The zero-order chi connectivity index (χ0) is 8.69. The number of nitrogens with zero attached hydrogens (tertiary/aromatic N) is 1. The molecule has 3 heteroatoms. The predicted octanol–water partition coefficient (Wildman–Crippen LogP) is 0.769. The molecule has 62 valence electrons. The van der Waals surface area contributed by atoms with Gasteiger partial charge in [0.15, 0.2) is 0 Å². The van der Waals surface area contributed by atoms with Crippen LogP contribution in [0.2, 0.25) is 0 Å². The van der Waals surface area contributed by atoms with Gasteiger partial charge >= 0.3 is 0 Å². The van der Waals surface area contributed by atoms with Crippen molar-refractivity contribution in [2.24, 2.45) is 4.99 Å². The maximum atomic E-state index is 10.5. The minimum absolute atomic E-state index is 0.0196. The molecular weight excluding hydrogens is 140 g/mol. The van der Waals surface area contributed by atoms with Crippen molar-refractivity contribution in [3.63, 3.8) is 0 Å². The third-order valence-corrected chi connectivity index (χ3v) is 1.21. The van der Waals surface area contributed by atoms with Gasteiger partial charge in [-0.1, -0.05) is 6.08 Å². The standard InChI is InChI=1S/C8H14N2O/c1-4-8(5-9-3)6-10-7(2)11/h4-5H,6H2,1-3H3,(H,10,11). The van der Waals surface area contributed by atoms with Crippen LogP contribution < -0.4 is 5.32 Å². The molecule has 0 aromatic heterocycles. The lowest BCUT2D eigenvalue weighted by Crippen LogP contribution is -2.22. The molecule has 0 aliphatic rings. The van der Waals surface area contributed by atoms with Crippen molar-refractivity contribution in [3.8, 4) is 0 Å². The van der Waals surface area contributed by atoms with Crippen LogP contribution in [0, 0.1) is 0 Å². The predicted molar refractivity (Wildman–Crippen MR) is 46.9 cm³/mol. The lowest BCUT2D eigenvalue weighted by molar-refractivity contribution is -0.118. The second-order valence-electron chi connectivity index (χ2n) is 2.16. The molecule has 0 saturated carbocycles. The highest BCUT2D eigenvalue weighted by Gasteiger charge is 1.92. The molecule has 0 radical (unpaired) electrons. The summed E-state index contributed by atoms with van der Waals surface area (Å²) < 4.78 is 0. The van der Waals surface area contributed by atoms with Gasteiger partial charge in [-0.05, 0) is 12.5 Å². The minimum atomic E-state index is -0.0196. The zero-order valence-corrected chi connectivity index (χ0v) is 7.22. The fourth-order valence-corrected chi connectivity index (χ4v) is 0.615. The van der Waals surface area contributed by atoms with E-state index in [1.165, 1.54) is 6.92 Å². The van der Waals surface area contributed by atoms with Crippen LogP contribution in [0.5, 0.6) is 0 Å². The van der Waals surface area contributed by atoms with E-state index in [4.69, 9.17) is 0 Å². The van der Waals surface area contributed by atoms with E-state index in [0.29, 0.717) is 6.54 Å². The first-order valence-corrected chi connectivity index (χ1v) is 3.52. The molecule has 0 aliphatic carbocycles. The fraction of sp³-hybridized carbons (Fsp3) is 0.500. The molecule has 3 nitrogen and oxygen atoms in total. The zero-order valence-electron chi connectivity index (χ0n) is 7.22. The Kier molecular flexibility index (Phi) is 5.07. The Morgan fingerprint density at radius 3 is 2.64 bits per heavy atom. The summed E-state index contributed by atoms with van der Waals surface area (Å²) in [7, 11) is 1.71. The van der Waals surface area contributed by atoms with E-state index in [-0.39, 0.29) is 5.91 Å². The molecule has 0 aromatic carbocycles. The van der Waals surface area contributed by atoms with E-state index in [9.17, 15) is 4.79 Å². The van der Waals surface area contributed by atoms with Crippen LogP contribution in [0.4, 0.5) is 0 Å². The molecule has 0 aliphatic heterocycles. The average molecular weight is 154 g/mol. The van der Waals surface area contributed by atoms with Crippen molar-refractivity contribution in [1.82, 2.24) is 5.32 Å². The van der Waals surface area contributed by atoms with Crippen LogP contribution in [-0.2, 0) is 4.79 Å². The number of carbonyl (C=O) groups excluding carboxylic acids is 1. The first-order chi connectivity index (χ1) is 5.20. The Hall–Kier alpha value is -1.12. The van der Waals surface area contributed by atoms with Gasteiger partial charge in [0, 0.05) is 26.7 Å². The molecule has 1 N–H and O–H groups in total. The number of hydrogen-bond donors (Lipinski definition) is 1. The van der Waals surface area contributed by atoms with Gasteiger partial charge in [0.05, 0.1) is 0 Å². The topological polar surface area (TPSA) is 41.5 Å². The molecular formula is C8H14N2O. The second-order valence-corrected chi connectivity index (χ2v) is 2.16. The van der Waals surface area contributed by atoms with E-state index in [2.05, 4.69) is 10.3 Å². The summed E-state index contributed by atoms with van der Waals surface area (Å²) in [5.41, 5.74) is 1.02. The smallest absolute Gasteiger partial charge is 0.217 e. The quantitative estimate of drug-likeness (QED) is 0.599. The fourth-order valence-electron chi connectivity index (χ4n) is 0.615. The monoisotopic (exact) mass is 154 g/mol. The van der Waals surface area contributed by atoms with Crippen molar-refractivity contribution in [2.75, 3.05) is 13.6 Å². The van der Waals surface area contributed by atoms with Crippen LogP contribution in [0.25, 0.3) is 0 Å². The summed E-state index contributed by atoms with van der Waals surface area (Å²) in [6.45, 7) is 3.97. The van der Waals surface area contributed by atoms with Crippen molar-refractivity contribution in [3.05, 3.63) is 11.6 Å². The number of carbonyl (C=O) groups is 1. The number of nitrogens with one attached hydrogen (secondary N) is 1. The molecule has 1 amide bonds. The maximum absolute atomic E-state index is 10.5. The third kappa shape index (κ3) is 5.33. The summed E-state index contributed by atoms with van der Waals surface area (Å²) in [5.74, 6) is -0.0196. The first-order valence-electron chi connectivity index (χ1n) is 3.52. The van der Waals surface area contributed by atoms with E-state index in [0.717, 1.165) is 5.57 Å². The van der Waals surface area contributed by atoms with Crippen LogP contribution in [0.15, 0.2) is 16.6 Å². The van der Waals surface area contributed by atoms with Crippen molar-refractivity contribution < 1.29 is 4.79 Å². The van der Waals surface area contributed by atoms with Crippen LogP contribution >= 0.6 is 0 Å². The Bertz CT molecular complexity index is 183. The summed E-state index contributed by atoms with van der Waals surface area (Å²) in [6, 6.07) is 0. The van der Waals surface area contributed by atoms with Gasteiger partial charge in [-0.25, -0.2) is 0 Å². The SMILES string of the molecule is CC=C(C=NC)CNC(C)=O. The Labute approximate surface area is 67.2 Å². The number of allylic oxidation sites excluding steroid dienone is 1. The lowest BCUT2D eigenvalue weighted by atomic mass is 10.3. The molecule has 0 bridgehead atoms. The molecule has 0 heterocycles. The summed E-state index contributed by atoms with van der Waals surface area (Å²) in [5, 5.41) is 2.68. The lowest BCUT2D eigenvalue weighted by Gasteiger charge is -2.00. The molecule has 0 aromatic rings. The first kappa shape index (κ1) is 9.88. The number of hydrogen-bond acceptors (Lipinski definition) is 2. The van der Waals surface area contributed by atoms with Gasteiger partial charge in [0.25, 0.3) is 0 Å². The molecule has 0 unspecified atom stereocenters. The Morgan fingerprint density at radius 1 is 1.64 bits per heavy atom. The molecule has 0 saturated heterocycles. The highest BCUT2D eigenvalue weighted by Crippen LogP contribution is 1.86. The van der Waals surface area contributed by atoms with Gasteiger partial charge in [0.1, 0.15) is 0 Å². The molecule has 0 fully saturated rings. The summed E-state index contributed by atoms with van der Waals surface area (Å²) in [6.07, 6.45) is 3.65. The van der Waals surface area contributed by atoms with Gasteiger partial charge in [0.2, 0.25) is 5.91 Å². The van der Waals surface area contributed by atoms with E-state index >= 15 is 0 Å². The van der Waals surface area contributed by atoms with Gasteiger partial charge < -0.3 is 5.32 Å². The normalized spacial score (nSPS) is 12.1. The van der Waals surface area contributed by atoms with Crippen LogP contribution in [0.1, 0.15) is 13.8 Å². The maximum Gasteiger partial charge on any atom is 0.217 e. The van der Waals surface area contributed by atoms with E-state index in [1.807, 2.05) is 13.0 Å². The molecule has 0 rings (SSSR count). The number of aliphatic imine (C=N–C) groups is 1. The Balaban J connectivity index is 3.81. The number of amides is 1.